The quantitative estimate of drug-likeness (QED) is 0.174. The van der Waals surface area contributed by atoms with Crippen LogP contribution in [0.2, 0.25) is 0 Å². The summed E-state index contributed by atoms with van der Waals surface area (Å²) in [6, 6.07) is 49.8. The SMILES string of the molecule is CC1(C)CCC(C)(C)c2cc(N(c3ccc(-c4ccc5c(c4)C4(c6ccccc6-5)C5CC6CC7CC4C75C6)cc3)c3ccc4c(c3)sc3ccccc34)ccc21. The monoisotopic (exact) mass is 743 g/mol. The molecule has 1 aromatic heterocycles. The first kappa shape index (κ1) is 32.4. The molecule has 2 spiro atoms. The van der Waals surface area contributed by atoms with Crippen LogP contribution in [0.25, 0.3) is 42.4 Å². The molecule has 0 aliphatic heterocycles. The highest BCUT2D eigenvalue weighted by Gasteiger charge is 2.84. The lowest BCUT2D eigenvalue weighted by Gasteiger charge is -2.76. The first-order chi connectivity index (χ1) is 27.2. The van der Waals surface area contributed by atoms with Gasteiger partial charge in [-0.3, -0.25) is 0 Å². The van der Waals surface area contributed by atoms with Gasteiger partial charge in [0.1, 0.15) is 0 Å². The van der Waals surface area contributed by atoms with Crippen LogP contribution in [-0.4, -0.2) is 0 Å². The van der Waals surface area contributed by atoms with Gasteiger partial charge in [-0.1, -0.05) is 107 Å². The minimum absolute atomic E-state index is 0.134. The Morgan fingerprint density at radius 2 is 1.20 bits per heavy atom. The lowest BCUT2D eigenvalue weighted by molar-refractivity contribution is -0.231. The molecule has 6 aliphatic carbocycles. The minimum Gasteiger partial charge on any atom is -0.310 e. The summed E-state index contributed by atoms with van der Waals surface area (Å²) in [5, 5.41) is 2.69. The fourth-order valence-corrected chi connectivity index (χ4v) is 15.5. The molecule has 1 heterocycles. The van der Waals surface area contributed by atoms with Crippen molar-refractivity contribution in [1.82, 2.24) is 0 Å². The molecule has 13 rings (SSSR count). The summed E-state index contributed by atoms with van der Waals surface area (Å²) >= 11 is 1.90. The Labute approximate surface area is 335 Å². The fraction of sp³-hybridized carbons (Fsp3) is 0.333. The molecule has 6 aromatic carbocycles. The summed E-state index contributed by atoms with van der Waals surface area (Å²) < 4.78 is 2.69. The zero-order valence-electron chi connectivity index (χ0n) is 33.0. The Morgan fingerprint density at radius 3 is 2.05 bits per heavy atom. The van der Waals surface area contributed by atoms with Crippen molar-refractivity contribution in [3.8, 4) is 22.3 Å². The second kappa shape index (κ2) is 10.6. The summed E-state index contributed by atoms with van der Waals surface area (Å²) in [5.74, 6) is 3.63. The van der Waals surface area contributed by atoms with Crippen molar-refractivity contribution in [2.75, 3.05) is 4.90 Å². The maximum Gasteiger partial charge on any atom is 0.0476 e. The van der Waals surface area contributed by atoms with Gasteiger partial charge in [0.15, 0.2) is 0 Å². The maximum absolute atomic E-state index is 2.64. The zero-order valence-corrected chi connectivity index (χ0v) is 33.8. The van der Waals surface area contributed by atoms with Gasteiger partial charge in [-0.25, -0.2) is 0 Å². The number of anilines is 3. The predicted molar refractivity (Wildman–Crippen MR) is 236 cm³/mol. The van der Waals surface area contributed by atoms with Gasteiger partial charge in [-0.05, 0) is 171 Å². The van der Waals surface area contributed by atoms with Crippen molar-refractivity contribution in [3.63, 3.8) is 0 Å². The lowest BCUT2D eigenvalue weighted by atomic mass is 9.27. The van der Waals surface area contributed by atoms with Gasteiger partial charge < -0.3 is 4.90 Å². The summed E-state index contributed by atoms with van der Waals surface area (Å²) in [6.07, 6.45) is 8.34. The number of rotatable bonds is 4. The van der Waals surface area contributed by atoms with Crippen molar-refractivity contribution in [1.29, 1.82) is 0 Å². The molecule has 7 aromatic rings. The van der Waals surface area contributed by atoms with Gasteiger partial charge in [-0.15, -0.1) is 11.3 Å². The normalized spacial score (nSPS) is 29.1. The third kappa shape index (κ3) is 3.88. The molecule has 6 atom stereocenters. The van der Waals surface area contributed by atoms with Crippen LogP contribution in [0.3, 0.4) is 0 Å². The molecule has 6 unspecified atom stereocenters. The Bertz CT molecular complexity index is 2820. The van der Waals surface area contributed by atoms with Crippen molar-refractivity contribution in [2.45, 2.75) is 82.5 Å². The van der Waals surface area contributed by atoms with Crippen LogP contribution >= 0.6 is 11.3 Å². The largest absolute Gasteiger partial charge is 0.310 e. The van der Waals surface area contributed by atoms with Crippen molar-refractivity contribution in [2.24, 2.45) is 29.1 Å². The maximum atomic E-state index is 2.64. The van der Waals surface area contributed by atoms with E-state index >= 15 is 0 Å². The number of hydrogen-bond acceptors (Lipinski definition) is 2. The number of nitrogens with zero attached hydrogens (tertiary/aromatic N) is 1. The Kier molecular flexibility index (Phi) is 6.16. The van der Waals surface area contributed by atoms with Gasteiger partial charge in [0, 0.05) is 42.6 Å². The minimum atomic E-state index is 0.134. The van der Waals surface area contributed by atoms with E-state index in [1.807, 2.05) is 11.3 Å². The molecule has 0 saturated heterocycles. The fourth-order valence-electron chi connectivity index (χ4n) is 14.3. The summed E-state index contributed by atoms with van der Waals surface area (Å²) in [6.45, 7) is 9.73. The van der Waals surface area contributed by atoms with Crippen LogP contribution in [0.4, 0.5) is 17.1 Å². The number of thiophene rings is 1. The highest BCUT2D eigenvalue weighted by Crippen LogP contribution is 2.89. The smallest absolute Gasteiger partial charge is 0.0476 e. The Hall–Kier alpha value is -4.66. The predicted octanol–water partition coefficient (Wildman–Crippen LogP) is 14.9. The number of fused-ring (bicyclic) bond motifs is 12. The van der Waals surface area contributed by atoms with E-state index in [0.717, 1.165) is 23.7 Å². The summed E-state index contributed by atoms with van der Waals surface area (Å²) in [4.78, 5) is 2.51. The summed E-state index contributed by atoms with van der Waals surface area (Å²) in [7, 11) is 0. The Morgan fingerprint density at radius 1 is 0.518 bits per heavy atom. The molecule has 0 radical (unpaired) electrons. The van der Waals surface area contributed by atoms with E-state index in [1.165, 1.54) is 109 Å². The van der Waals surface area contributed by atoms with Crippen LogP contribution in [0.15, 0.2) is 127 Å². The second-order valence-corrected chi connectivity index (χ2v) is 21.1. The van der Waals surface area contributed by atoms with Crippen molar-refractivity contribution < 1.29 is 0 Å². The van der Waals surface area contributed by atoms with E-state index in [-0.39, 0.29) is 16.2 Å². The van der Waals surface area contributed by atoms with E-state index in [1.54, 1.807) is 11.1 Å². The molecule has 0 N–H and O–H groups in total. The molecule has 6 aliphatic rings. The highest BCUT2D eigenvalue weighted by atomic mass is 32.1. The molecule has 1 nitrogen and oxygen atoms in total. The lowest BCUT2D eigenvalue weighted by Crippen LogP contribution is -2.73. The molecule has 0 amide bonds. The molecule has 2 heteroatoms. The van der Waals surface area contributed by atoms with E-state index in [4.69, 9.17) is 0 Å². The molecule has 4 saturated carbocycles. The average Bonchev–Trinajstić information content (AvgIpc) is 3.94. The van der Waals surface area contributed by atoms with Gasteiger partial charge >= 0.3 is 0 Å². The van der Waals surface area contributed by atoms with Crippen LogP contribution < -0.4 is 4.90 Å². The molecule has 276 valence electrons. The molecular formula is C54H49NS. The number of hydrogen-bond donors (Lipinski definition) is 0. The van der Waals surface area contributed by atoms with E-state index in [0.29, 0.717) is 5.41 Å². The van der Waals surface area contributed by atoms with Crippen molar-refractivity contribution >= 4 is 48.6 Å². The topological polar surface area (TPSA) is 3.24 Å². The molecule has 4 fully saturated rings. The van der Waals surface area contributed by atoms with Crippen LogP contribution in [0.1, 0.15) is 88.5 Å². The van der Waals surface area contributed by atoms with Gasteiger partial charge in [0.25, 0.3) is 0 Å². The van der Waals surface area contributed by atoms with Gasteiger partial charge in [0.2, 0.25) is 0 Å². The standard InChI is InChI=1S/C54H49NS/c1-51(2)23-24-52(3,4)46-29-37(19-22-44(46)51)55(38-18-21-42-41-10-6-8-12-47(41)56-48(42)30-38)36-16-13-33(14-17-36)34-15-20-40-39-9-5-7-11-43(39)54(45(40)27-34)49-26-32-25-35-28-50(54)53(35,49)31-32/h5-22,27,29-30,32,35,49-50H,23-26,28,31H2,1-4H3. The van der Waals surface area contributed by atoms with Crippen LogP contribution in [-0.2, 0) is 16.2 Å². The molecule has 2 bridgehead atoms. The second-order valence-electron chi connectivity index (χ2n) is 20.0. The summed E-state index contributed by atoms with van der Waals surface area (Å²) in [5.41, 5.74) is 16.8. The highest BCUT2D eigenvalue weighted by molar-refractivity contribution is 7.25. The van der Waals surface area contributed by atoms with Crippen molar-refractivity contribution in [3.05, 3.63) is 150 Å². The first-order valence-corrected chi connectivity index (χ1v) is 22.2. The van der Waals surface area contributed by atoms with Gasteiger partial charge in [0.05, 0.1) is 0 Å². The Balaban J connectivity index is 0.930. The van der Waals surface area contributed by atoms with E-state index < -0.39 is 0 Å². The first-order valence-electron chi connectivity index (χ1n) is 21.4. The van der Waals surface area contributed by atoms with Crippen LogP contribution in [0, 0.1) is 29.1 Å². The molecular weight excluding hydrogens is 695 g/mol. The number of benzene rings is 6. The third-order valence-electron chi connectivity index (χ3n) is 16.8. The third-order valence-corrected chi connectivity index (χ3v) is 17.9. The van der Waals surface area contributed by atoms with Gasteiger partial charge in [-0.2, -0.15) is 0 Å². The van der Waals surface area contributed by atoms with E-state index in [2.05, 4.69) is 160 Å². The molecule has 56 heavy (non-hydrogen) atoms. The van der Waals surface area contributed by atoms with Crippen LogP contribution in [0.5, 0.6) is 0 Å². The average molecular weight is 744 g/mol. The zero-order chi connectivity index (χ0) is 37.3. The van der Waals surface area contributed by atoms with E-state index in [9.17, 15) is 0 Å².